The van der Waals surface area contributed by atoms with E-state index in [4.69, 9.17) is 5.11 Å². The van der Waals surface area contributed by atoms with Gasteiger partial charge >= 0.3 is 12.0 Å². The molecule has 2 aromatic rings. The summed E-state index contributed by atoms with van der Waals surface area (Å²) in [4.78, 5) is 28.6. The summed E-state index contributed by atoms with van der Waals surface area (Å²) in [5.74, 6) is -1.08. The van der Waals surface area contributed by atoms with Crippen molar-refractivity contribution >= 4 is 17.7 Å². The third kappa shape index (κ3) is 3.79. The zero-order valence-electron chi connectivity index (χ0n) is 11.5. The van der Waals surface area contributed by atoms with Gasteiger partial charge in [-0.25, -0.2) is 9.59 Å². The summed E-state index contributed by atoms with van der Waals surface area (Å²) in [6.07, 6.45) is 3.31. The fourth-order valence-electron chi connectivity index (χ4n) is 1.82. The molecule has 0 unspecified atom stereocenters. The van der Waals surface area contributed by atoms with E-state index in [9.17, 15) is 9.59 Å². The quantitative estimate of drug-likeness (QED) is 0.904. The average molecular weight is 285 g/mol. The highest BCUT2D eigenvalue weighted by molar-refractivity contribution is 5.99. The molecule has 0 aliphatic carbocycles. The number of aromatic nitrogens is 1. The Bertz CT molecular complexity index is 644. The van der Waals surface area contributed by atoms with Crippen molar-refractivity contribution in [1.82, 2.24) is 9.88 Å². The first-order valence-corrected chi connectivity index (χ1v) is 6.31. The van der Waals surface area contributed by atoms with Gasteiger partial charge in [-0.15, -0.1) is 0 Å². The number of hydrogen-bond acceptors (Lipinski definition) is 3. The van der Waals surface area contributed by atoms with Gasteiger partial charge in [0, 0.05) is 26.0 Å². The summed E-state index contributed by atoms with van der Waals surface area (Å²) in [7, 11) is 1.64. The fourth-order valence-corrected chi connectivity index (χ4v) is 1.82. The lowest BCUT2D eigenvalue weighted by atomic mass is 10.2. The molecule has 0 aliphatic rings. The second kappa shape index (κ2) is 6.51. The van der Waals surface area contributed by atoms with E-state index < -0.39 is 5.97 Å². The molecule has 0 aliphatic heterocycles. The van der Waals surface area contributed by atoms with E-state index in [0.717, 1.165) is 5.56 Å². The highest BCUT2D eigenvalue weighted by Gasteiger charge is 2.14. The Morgan fingerprint density at radius 2 is 1.86 bits per heavy atom. The van der Waals surface area contributed by atoms with Gasteiger partial charge in [-0.1, -0.05) is 12.1 Å². The Morgan fingerprint density at radius 3 is 2.52 bits per heavy atom. The summed E-state index contributed by atoms with van der Waals surface area (Å²) < 4.78 is 0. The lowest BCUT2D eigenvalue weighted by molar-refractivity contribution is 0.0698. The third-order valence-electron chi connectivity index (χ3n) is 2.91. The highest BCUT2D eigenvalue weighted by atomic mass is 16.4. The normalized spacial score (nSPS) is 9.95. The molecule has 2 N–H and O–H groups in total. The summed E-state index contributed by atoms with van der Waals surface area (Å²) in [6, 6.07) is 9.54. The average Bonchev–Trinajstić information content (AvgIpc) is 2.48. The number of anilines is 1. The Hall–Kier alpha value is -2.89. The molecule has 0 saturated heterocycles. The SMILES string of the molecule is CN(Cc1ccncc1)C(=O)Nc1ccccc1C(=O)O. The molecule has 0 fully saturated rings. The van der Waals surface area contributed by atoms with Gasteiger partial charge in [0.25, 0.3) is 0 Å². The number of aromatic carboxylic acids is 1. The zero-order valence-corrected chi connectivity index (χ0v) is 11.5. The maximum atomic E-state index is 12.1. The number of amides is 2. The van der Waals surface area contributed by atoms with Gasteiger partial charge in [0.1, 0.15) is 0 Å². The van der Waals surface area contributed by atoms with Gasteiger partial charge in [0.05, 0.1) is 11.3 Å². The third-order valence-corrected chi connectivity index (χ3v) is 2.91. The number of benzene rings is 1. The maximum absolute atomic E-state index is 12.1. The van der Waals surface area contributed by atoms with E-state index in [1.165, 1.54) is 11.0 Å². The number of nitrogens with zero attached hydrogens (tertiary/aromatic N) is 2. The molecule has 2 amide bonds. The van der Waals surface area contributed by atoms with Crippen molar-refractivity contribution in [2.75, 3.05) is 12.4 Å². The van der Waals surface area contributed by atoms with Gasteiger partial charge in [-0.05, 0) is 29.8 Å². The van der Waals surface area contributed by atoms with E-state index in [1.807, 2.05) is 12.1 Å². The van der Waals surface area contributed by atoms with Crippen molar-refractivity contribution in [1.29, 1.82) is 0 Å². The van der Waals surface area contributed by atoms with Gasteiger partial charge in [-0.2, -0.15) is 0 Å². The minimum absolute atomic E-state index is 0.0585. The van der Waals surface area contributed by atoms with Crippen LogP contribution in [-0.2, 0) is 6.54 Å². The van der Waals surface area contributed by atoms with Crippen molar-refractivity contribution in [3.8, 4) is 0 Å². The summed E-state index contributed by atoms with van der Waals surface area (Å²) in [5, 5.41) is 11.7. The van der Waals surface area contributed by atoms with Crippen LogP contribution in [0.15, 0.2) is 48.8 Å². The maximum Gasteiger partial charge on any atom is 0.337 e. The molecule has 1 aromatic carbocycles. The molecule has 21 heavy (non-hydrogen) atoms. The predicted octanol–water partition coefficient (Wildman–Crippen LogP) is 2.44. The molecule has 0 spiro atoms. The van der Waals surface area contributed by atoms with E-state index in [0.29, 0.717) is 6.54 Å². The van der Waals surface area contributed by atoms with Crippen molar-refractivity contribution < 1.29 is 14.7 Å². The van der Waals surface area contributed by atoms with Crippen LogP contribution in [0.3, 0.4) is 0 Å². The molecule has 0 radical (unpaired) electrons. The molecular formula is C15H15N3O3. The van der Waals surface area contributed by atoms with Crippen molar-refractivity contribution in [3.63, 3.8) is 0 Å². The largest absolute Gasteiger partial charge is 0.478 e. The number of carbonyl (C=O) groups excluding carboxylic acids is 1. The first-order chi connectivity index (χ1) is 10.1. The van der Waals surface area contributed by atoms with Crippen LogP contribution in [0.4, 0.5) is 10.5 Å². The molecule has 6 heteroatoms. The Labute approximate surface area is 122 Å². The van der Waals surface area contributed by atoms with E-state index >= 15 is 0 Å². The molecular weight excluding hydrogens is 270 g/mol. The standard InChI is InChI=1S/C15H15N3O3/c1-18(10-11-6-8-16-9-7-11)15(21)17-13-5-3-2-4-12(13)14(19)20/h2-9H,10H2,1H3,(H,17,21)(H,19,20). The van der Waals surface area contributed by atoms with E-state index in [2.05, 4.69) is 10.3 Å². The monoisotopic (exact) mass is 285 g/mol. The number of hydrogen-bond donors (Lipinski definition) is 2. The minimum atomic E-state index is -1.08. The zero-order chi connectivity index (χ0) is 15.2. The van der Waals surface area contributed by atoms with E-state index in [1.54, 1.807) is 37.6 Å². The van der Waals surface area contributed by atoms with Gasteiger partial charge in [-0.3, -0.25) is 4.98 Å². The molecule has 6 nitrogen and oxygen atoms in total. The number of carboxylic acids is 1. The van der Waals surface area contributed by atoms with Crippen LogP contribution in [-0.4, -0.2) is 34.0 Å². The minimum Gasteiger partial charge on any atom is -0.478 e. The van der Waals surface area contributed by atoms with Crippen molar-refractivity contribution in [3.05, 3.63) is 59.9 Å². The Morgan fingerprint density at radius 1 is 1.19 bits per heavy atom. The van der Waals surface area contributed by atoms with Gasteiger partial charge in [0.15, 0.2) is 0 Å². The number of rotatable bonds is 4. The molecule has 0 bridgehead atoms. The van der Waals surface area contributed by atoms with Crippen LogP contribution in [0.1, 0.15) is 15.9 Å². The summed E-state index contributed by atoms with van der Waals surface area (Å²) in [5.41, 5.74) is 1.27. The smallest absolute Gasteiger partial charge is 0.337 e. The molecule has 108 valence electrons. The van der Waals surface area contributed by atoms with Crippen LogP contribution in [0, 0.1) is 0 Å². The predicted molar refractivity (Wildman–Crippen MR) is 78.1 cm³/mol. The van der Waals surface area contributed by atoms with E-state index in [-0.39, 0.29) is 17.3 Å². The topological polar surface area (TPSA) is 82.5 Å². The first kappa shape index (κ1) is 14.5. The second-order valence-electron chi connectivity index (χ2n) is 4.49. The molecule has 0 atom stereocenters. The second-order valence-corrected chi connectivity index (χ2v) is 4.49. The Balaban J connectivity index is 2.06. The van der Waals surface area contributed by atoms with Gasteiger partial charge < -0.3 is 15.3 Å². The number of carbonyl (C=O) groups is 2. The van der Waals surface area contributed by atoms with Gasteiger partial charge in [0.2, 0.25) is 0 Å². The molecule has 1 heterocycles. The number of urea groups is 1. The lowest BCUT2D eigenvalue weighted by Crippen LogP contribution is -2.31. The van der Waals surface area contributed by atoms with Crippen LogP contribution in [0.2, 0.25) is 0 Å². The molecule has 1 aromatic heterocycles. The van der Waals surface area contributed by atoms with Crippen molar-refractivity contribution in [2.45, 2.75) is 6.54 Å². The number of pyridine rings is 1. The fraction of sp³-hybridized carbons (Fsp3) is 0.133. The number of carboxylic acid groups (broad SMARTS) is 1. The van der Waals surface area contributed by atoms with Crippen LogP contribution >= 0.6 is 0 Å². The van der Waals surface area contributed by atoms with Crippen molar-refractivity contribution in [2.24, 2.45) is 0 Å². The van der Waals surface area contributed by atoms with Crippen LogP contribution < -0.4 is 5.32 Å². The summed E-state index contributed by atoms with van der Waals surface area (Å²) >= 11 is 0. The number of nitrogens with one attached hydrogen (secondary N) is 1. The highest BCUT2D eigenvalue weighted by Crippen LogP contribution is 2.15. The number of para-hydroxylation sites is 1. The van der Waals surface area contributed by atoms with Crippen LogP contribution in [0.5, 0.6) is 0 Å². The molecule has 0 saturated carbocycles. The summed E-state index contributed by atoms with van der Waals surface area (Å²) in [6.45, 7) is 0.406. The lowest BCUT2D eigenvalue weighted by Gasteiger charge is -2.18. The van der Waals surface area contributed by atoms with Crippen LogP contribution in [0.25, 0.3) is 0 Å². The first-order valence-electron chi connectivity index (χ1n) is 6.31. The molecule has 2 rings (SSSR count). The Kier molecular flexibility index (Phi) is 4.50.